The van der Waals surface area contributed by atoms with E-state index in [0.29, 0.717) is 17.6 Å². The van der Waals surface area contributed by atoms with E-state index in [4.69, 9.17) is 14.6 Å². The number of likely N-dealkylation sites (tertiary alicyclic amines) is 2. The number of fused-ring (bicyclic) bond motifs is 1. The minimum absolute atomic E-state index is 0.0948. The van der Waals surface area contributed by atoms with Gasteiger partial charge in [-0.05, 0) is 17.5 Å². The summed E-state index contributed by atoms with van der Waals surface area (Å²) < 4.78 is 10.4. The number of methoxy groups -OCH3 is 1. The number of nitrogens with zero attached hydrogens (tertiary/aromatic N) is 2. The van der Waals surface area contributed by atoms with Gasteiger partial charge in [-0.1, -0.05) is 48.5 Å². The zero-order valence-electron chi connectivity index (χ0n) is 18.9. The molecule has 2 aliphatic heterocycles. The number of carbonyl (C=O) groups is 3. The second-order valence-electron chi connectivity index (χ2n) is 8.22. The number of amides is 1. The fourth-order valence-corrected chi connectivity index (χ4v) is 4.88. The van der Waals surface area contributed by atoms with Gasteiger partial charge in [-0.15, -0.1) is 0 Å². The summed E-state index contributed by atoms with van der Waals surface area (Å²) >= 11 is 0. The Morgan fingerprint density at radius 3 is 2.39 bits per heavy atom. The zero-order valence-corrected chi connectivity index (χ0v) is 18.9. The van der Waals surface area contributed by atoms with Gasteiger partial charge in [0.15, 0.2) is 6.61 Å². The van der Waals surface area contributed by atoms with Crippen LogP contribution in [0.25, 0.3) is 0 Å². The molecule has 0 spiro atoms. The van der Waals surface area contributed by atoms with E-state index in [-0.39, 0.29) is 25.0 Å². The van der Waals surface area contributed by atoms with Crippen molar-refractivity contribution in [1.29, 1.82) is 0 Å². The molecule has 3 atom stereocenters. The summed E-state index contributed by atoms with van der Waals surface area (Å²) in [7, 11) is 1.36. The highest BCUT2D eigenvalue weighted by molar-refractivity contribution is 5.74. The minimum Gasteiger partial charge on any atom is -0.483 e. The number of hydrogen-bond donors (Lipinski definition) is 1. The van der Waals surface area contributed by atoms with Gasteiger partial charge in [0.05, 0.1) is 13.2 Å². The van der Waals surface area contributed by atoms with E-state index in [1.807, 2.05) is 47.4 Å². The molecule has 0 radical (unpaired) electrons. The van der Waals surface area contributed by atoms with Crippen LogP contribution in [-0.4, -0.2) is 66.6 Å². The van der Waals surface area contributed by atoms with Crippen LogP contribution in [0.5, 0.6) is 5.75 Å². The highest BCUT2D eigenvalue weighted by atomic mass is 16.6. The molecule has 33 heavy (non-hydrogen) atoms. The van der Waals surface area contributed by atoms with Gasteiger partial charge < -0.3 is 19.5 Å². The number of carboxylic acid groups (broad SMARTS) is 1. The Kier molecular flexibility index (Phi) is 8.43. The lowest BCUT2D eigenvalue weighted by molar-refractivity contribution is -0.143. The molecule has 8 nitrogen and oxygen atoms in total. The molecule has 2 fully saturated rings. The molecule has 1 amide bonds. The fourth-order valence-electron chi connectivity index (χ4n) is 4.88. The first-order valence-electron chi connectivity index (χ1n) is 10.9. The van der Waals surface area contributed by atoms with Gasteiger partial charge in [-0.25, -0.2) is 4.79 Å². The SMILES string of the molecule is COC(=O)COc1ccccc1CN1C[C@@H]2CN(C(C)=O)[C@H](c3ccccc3)[C@@H]2C1.O=CO. The van der Waals surface area contributed by atoms with Gasteiger partial charge in [0.1, 0.15) is 5.75 Å². The van der Waals surface area contributed by atoms with Crippen LogP contribution >= 0.6 is 0 Å². The molecule has 176 valence electrons. The van der Waals surface area contributed by atoms with Crippen LogP contribution < -0.4 is 4.74 Å². The Hall–Kier alpha value is -3.39. The van der Waals surface area contributed by atoms with Crippen LogP contribution in [0.3, 0.4) is 0 Å². The number of para-hydroxylation sites is 1. The molecule has 2 aromatic rings. The minimum atomic E-state index is -0.393. The van der Waals surface area contributed by atoms with Crippen molar-refractivity contribution in [3.63, 3.8) is 0 Å². The highest BCUT2D eigenvalue weighted by Gasteiger charge is 2.48. The first-order valence-corrected chi connectivity index (χ1v) is 10.9. The summed E-state index contributed by atoms with van der Waals surface area (Å²) in [5, 5.41) is 6.89. The smallest absolute Gasteiger partial charge is 0.343 e. The molecule has 8 heteroatoms. The van der Waals surface area contributed by atoms with Crippen LogP contribution in [0.1, 0.15) is 24.1 Å². The first kappa shape index (κ1) is 24.3. The van der Waals surface area contributed by atoms with Gasteiger partial charge in [-0.3, -0.25) is 14.5 Å². The summed E-state index contributed by atoms with van der Waals surface area (Å²) in [4.78, 5) is 36.6. The Morgan fingerprint density at radius 1 is 1.06 bits per heavy atom. The number of rotatable bonds is 6. The standard InChI is InChI=1S/C24H28N2O4.CH2O2/c1-17(27)26-14-20-13-25(15-21(20)24(26)18-8-4-3-5-9-18)12-19-10-6-7-11-22(19)30-16-23(28)29-2;2-1-3/h3-11,20-21,24H,12-16H2,1-2H3;1H,(H,2,3)/t20-,21-,24-;/m1./s1. The van der Waals surface area contributed by atoms with Gasteiger partial charge >= 0.3 is 5.97 Å². The van der Waals surface area contributed by atoms with Crippen LogP contribution in [0.15, 0.2) is 54.6 Å². The van der Waals surface area contributed by atoms with E-state index in [1.54, 1.807) is 6.92 Å². The van der Waals surface area contributed by atoms with Crippen molar-refractivity contribution in [2.75, 3.05) is 33.4 Å². The molecule has 2 aromatic carbocycles. The molecule has 0 saturated carbocycles. The first-order chi connectivity index (χ1) is 16.0. The van der Waals surface area contributed by atoms with E-state index >= 15 is 0 Å². The maximum atomic E-state index is 12.3. The lowest BCUT2D eigenvalue weighted by Gasteiger charge is -2.29. The highest BCUT2D eigenvalue weighted by Crippen LogP contribution is 2.45. The predicted molar refractivity (Wildman–Crippen MR) is 121 cm³/mol. The summed E-state index contributed by atoms with van der Waals surface area (Å²) in [6.07, 6.45) is 0. The van der Waals surface area contributed by atoms with E-state index in [9.17, 15) is 9.59 Å². The molecule has 4 rings (SSSR count). The average molecular weight is 455 g/mol. The van der Waals surface area contributed by atoms with E-state index in [0.717, 1.165) is 31.7 Å². The van der Waals surface area contributed by atoms with Crippen molar-refractivity contribution in [2.24, 2.45) is 11.8 Å². The third kappa shape index (κ3) is 5.90. The Balaban J connectivity index is 0.000000968. The molecule has 0 aromatic heterocycles. The number of hydrogen-bond acceptors (Lipinski definition) is 6. The number of esters is 1. The van der Waals surface area contributed by atoms with Crippen LogP contribution in [0.2, 0.25) is 0 Å². The number of carbonyl (C=O) groups excluding carboxylic acids is 2. The third-order valence-electron chi connectivity index (χ3n) is 6.23. The Labute approximate surface area is 193 Å². The van der Waals surface area contributed by atoms with Gasteiger partial charge in [-0.2, -0.15) is 0 Å². The maximum Gasteiger partial charge on any atom is 0.343 e. The molecule has 2 saturated heterocycles. The Bertz CT molecular complexity index is 951. The zero-order chi connectivity index (χ0) is 23.8. The van der Waals surface area contributed by atoms with Crippen LogP contribution in [-0.2, 0) is 25.7 Å². The molecule has 0 bridgehead atoms. The molecule has 0 aliphatic carbocycles. The van der Waals surface area contributed by atoms with Crippen molar-refractivity contribution in [1.82, 2.24) is 9.80 Å². The predicted octanol–water partition coefficient (Wildman–Crippen LogP) is 2.59. The quantitative estimate of drug-likeness (QED) is 0.529. The fraction of sp³-hybridized carbons (Fsp3) is 0.400. The normalized spacial score (nSPS) is 21.5. The average Bonchev–Trinajstić information content (AvgIpc) is 3.37. The summed E-state index contributed by atoms with van der Waals surface area (Å²) in [6.45, 7) is 4.76. The molecule has 1 N–H and O–H groups in total. The van der Waals surface area contributed by atoms with Crippen molar-refractivity contribution in [2.45, 2.75) is 19.5 Å². The van der Waals surface area contributed by atoms with E-state index in [2.05, 4.69) is 21.8 Å². The van der Waals surface area contributed by atoms with Crippen LogP contribution in [0, 0.1) is 11.8 Å². The monoisotopic (exact) mass is 454 g/mol. The topological polar surface area (TPSA) is 96.4 Å². The number of benzene rings is 2. The van der Waals surface area contributed by atoms with E-state index in [1.165, 1.54) is 12.7 Å². The van der Waals surface area contributed by atoms with Crippen LogP contribution in [0.4, 0.5) is 0 Å². The third-order valence-corrected chi connectivity index (χ3v) is 6.23. The van der Waals surface area contributed by atoms with Crippen molar-refractivity contribution < 1.29 is 29.0 Å². The van der Waals surface area contributed by atoms with Gasteiger partial charge in [0.25, 0.3) is 6.47 Å². The lowest BCUT2D eigenvalue weighted by atomic mass is 9.89. The molecular weight excluding hydrogens is 424 g/mol. The molecular formula is C25H30N2O6. The number of ether oxygens (including phenoxy) is 2. The molecule has 2 aliphatic rings. The summed E-state index contributed by atoms with van der Waals surface area (Å²) in [6, 6.07) is 18.3. The largest absolute Gasteiger partial charge is 0.483 e. The van der Waals surface area contributed by atoms with E-state index < -0.39 is 5.97 Å². The second kappa shape index (κ2) is 11.5. The van der Waals surface area contributed by atoms with Gasteiger partial charge in [0, 0.05) is 44.6 Å². The summed E-state index contributed by atoms with van der Waals surface area (Å²) in [5.41, 5.74) is 2.27. The maximum absolute atomic E-state index is 12.3. The van der Waals surface area contributed by atoms with Crippen molar-refractivity contribution in [3.05, 3.63) is 65.7 Å². The van der Waals surface area contributed by atoms with Crippen molar-refractivity contribution in [3.8, 4) is 5.75 Å². The molecule has 0 unspecified atom stereocenters. The molecule has 2 heterocycles. The lowest BCUT2D eigenvalue weighted by Crippen LogP contribution is -2.34. The van der Waals surface area contributed by atoms with Gasteiger partial charge in [0.2, 0.25) is 5.91 Å². The van der Waals surface area contributed by atoms with Crippen molar-refractivity contribution >= 4 is 18.3 Å². The Morgan fingerprint density at radius 2 is 1.73 bits per heavy atom. The second-order valence-corrected chi connectivity index (χ2v) is 8.22. The summed E-state index contributed by atoms with van der Waals surface area (Å²) in [5.74, 6) is 1.34.